The Balaban J connectivity index is 1.56. The highest BCUT2D eigenvalue weighted by molar-refractivity contribution is 7.85. The first-order valence-corrected chi connectivity index (χ1v) is 17.9. The highest BCUT2D eigenvalue weighted by Gasteiger charge is 2.31. The Kier molecular flexibility index (Phi) is 12.2. The third-order valence-corrected chi connectivity index (χ3v) is 8.99. The minimum atomic E-state index is -4.52. The number of carbonyl (C=O) groups excluding carboxylic acids is 2. The number of ketones is 1. The third kappa shape index (κ3) is 11.2. The molecule has 0 saturated heterocycles. The molecule has 0 radical (unpaired) electrons. The summed E-state index contributed by atoms with van der Waals surface area (Å²) < 4.78 is 76.3. The summed E-state index contributed by atoms with van der Waals surface area (Å²) in [6.07, 6.45) is -4.29. The van der Waals surface area contributed by atoms with Gasteiger partial charge in [-0.25, -0.2) is 0 Å². The Bertz CT molecular complexity index is 1940. The number of carbonyl (C=O) groups is 2. The van der Waals surface area contributed by atoms with Gasteiger partial charge in [-0.1, -0.05) is 80.9 Å². The van der Waals surface area contributed by atoms with Crippen LogP contribution in [0.2, 0.25) is 5.02 Å². The van der Waals surface area contributed by atoms with E-state index < -0.39 is 33.5 Å². The molecule has 0 heterocycles. The van der Waals surface area contributed by atoms with Gasteiger partial charge in [-0.3, -0.25) is 14.1 Å². The van der Waals surface area contributed by atoms with Crippen LogP contribution in [0.15, 0.2) is 84.9 Å². The van der Waals surface area contributed by atoms with Crippen LogP contribution in [0.5, 0.6) is 5.75 Å². The first-order valence-electron chi connectivity index (χ1n) is 15.9. The Hall–Kier alpha value is -4.19. The number of halogens is 4. The fourth-order valence-electron chi connectivity index (χ4n) is 5.26. The number of hydrogen-bond acceptors (Lipinski definition) is 5. The first kappa shape index (κ1) is 38.6. The van der Waals surface area contributed by atoms with Crippen molar-refractivity contribution in [3.05, 3.63) is 118 Å². The van der Waals surface area contributed by atoms with Gasteiger partial charge in [0.05, 0.1) is 23.8 Å². The fourth-order valence-corrected chi connectivity index (χ4v) is 6.05. The van der Waals surface area contributed by atoms with Gasteiger partial charge in [0.2, 0.25) is 5.91 Å². The normalized spacial score (nSPS) is 12.7. The van der Waals surface area contributed by atoms with Gasteiger partial charge in [0.25, 0.3) is 10.1 Å². The van der Waals surface area contributed by atoms with Gasteiger partial charge < -0.3 is 10.1 Å². The van der Waals surface area contributed by atoms with E-state index in [0.29, 0.717) is 40.3 Å². The molecule has 0 aliphatic heterocycles. The molecule has 1 atom stereocenters. The first-order chi connectivity index (χ1) is 23.3. The van der Waals surface area contributed by atoms with E-state index in [9.17, 15) is 31.2 Å². The molecule has 4 rings (SSSR count). The van der Waals surface area contributed by atoms with Crippen LogP contribution in [0.25, 0.3) is 11.1 Å². The SMILES string of the molecule is Cc1cc(NC(=O)C(Cc2ccc(C(=O)CCCS(=O)(=O)O)cc2)c2ccc(OCC(C)(C)C)cc2)ccc1-c1ccc(C(F)(F)F)cc1Cl. The summed E-state index contributed by atoms with van der Waals surface area (Å²) in [6.45, 7) is 8.47. The van der Waals surface area contributed by atoms with Gasteiger partial charge in [0.15, 0.2) is 5.78 Å². The Morgan fingerprint density at radius 1 is 0.900 bits per heavy atom. The van der Waals surface area contributed by atoms with Gasteiger partial charge in [0, 0.05) is 28.3 Å². The number of rotatable bonds is 13. The molecule has 4 aromatic rings. The number of nitrogens with one attached hydrogen (secondary N) is 1. The van der Waals surface area contributed by atoms with E-state index in [1.807, 2.05) is 24.3 Å². The van der Waals surface area contributed by atoms with Crippen molar-refractivity contribution in [2.24, 2.45) is 5.41 Å². The molecule has 7 nitrogen and oxygen atoms in total. The lowest BCUT2D eigenvalue weighted by atomic mass is 9.90. The highest BCUT2D eigenvalue weighted by Crippen LogP contribution is 2.37. The number of anilines is 1. The van der Waals surface area contributed by atoms with E-state index in [0.717, 1.165) is 23.3 Å². The standard InChI is InChI=1S/C38H39ClF3NO6S/c1-24-20-29(14-18-31(24)32-17-13-28(22-34(32)39)38(40,41)42)43-36(45)33(26-11-15-30(16-12-26)49-23-37(2,3)4)21-25-7-9-27(10-8-25)35(44)6-5-19-50(46,47)48/h7-18,20,22,33H,5-6,19,21,23H2,1-4H3,(H,43,45)(H,46,47,48). The van der Waals surface area contributed by atoms with Crippen LogP contribution in [0.4, 0.5) is 18.9 Å². The maximum Gasteiger partial charge on any atom is 0.416 e. The van der Waals surface area contributed by atoms with Crippen LogP contribution >= 0.6 is 11.6 Å². The lowest BCUT2D eigenvalue weighted by molar-refractivity contribution is -0.137. The van der Waals surface area contributed by atoms with E-state index in [1.54, 1.807) is 49.4 Å². The number of amides is 1. The molecule has 2 N–H and O–H groups in total. The lowest BCUT2D eigenvalue weighted by Gasteiger charge is -2.21. The Labute approximate surface area is 295 Å². The van der Waals surface area contributed by atoms with Gasteiger partial charge in [-0.15, -0.1) is 0 Å². The molecule has 0 fully saturated rings. The van der Waals surface area contributed by atoms with E-state index in [4.69, 9.17) is 20.9 Å². The minimum Gasteiger partial charge on any atom is -0.493 e. The molecule has 1 amide bonds. The summed E-state index contributed by atoms with van der Waals surface area (Å²) in [5.41, 5.74) is 3.23. The van der Waals surface area contributed by atoms with E-state index in [-0.39, 0.29) is 41.4 Å². The average molecular weight is 730 g/mol. The molecular weight excluding hydrogens is 691 g/mol. The van der Waals surface area contributed by atoms with Crippen LogP contribution in [0.1, 0.15) is 72.1 Å². The average Bonchev–Trinajstić information content (AvgIpc) is 3.02. The lowest BCUT2D eigenvalue weighted by Crippen LogP contribution is -2.23. The van der Waals surface area contributed by atoms with Crippen molar-refractivity contribution in [2.75, 3.05) is 17.7 Å². The van der Waals surface area contributed by atoms with Crippen molar-refractivity contribution >= 4 is 39.1 Å². The minimum absolute atomic E-state index is 0.00500. The molecule has 0 spiro atoms. The van der Waals surface area contributed by atoms with Gasteiger partial charge >= 0.3 is 6.18 Å². The molecule has 4 aromatic carbocycles. The zero-order valence-corrected chi connectivity index (χ0v) is 29.7. The zero-order chi connectivity index (χ0) is 36.9. The van der Waals surface area contributed by atoms with E-state index in [1.165, 1.54) is 6.07 Å². The van der Waals surface area contributed by atoms with Crippen molar-refractivity contribution in [3.63, 3.8) is 0 Å². The molecule has 50 heavy (non-hydrogen) atoms. The van der Waals surface area contributed by atoms with Crippen LogP contribution in [-0.4, -0.2) is 37.0 Å². The second-order valence-corrected chi connectivity index (χ2v) is 15.4. The van der Waals surface area contributed by atoms with Crippen molar-refractivity contribution < 1.29 is 40.5 Å². The molecule has 0 aliphatic carbocycles. The van der Waals surface area contributed by atoms with Gasteiger partial charge in [-0.05, 0) is 83.8 Å². The summed E-state index contributed by atoms with van der Waals surface area (Å²) in [6, 6.07) is 22.3. The second kappa shape index (κ2) is 15.8. The molecule has 0 bridgehead atoms. The predicted octanol–water partition coefficient (Wildman–Crippen LogP) is 9.57. The topological polar surface area (TPSA) is 110 Å². The molecule has 0 aliphatic rings. The number of aryl methyl sites for hydroxylation is 1. The number of hydrogen-bond donors (Lipinski definition) is 2. The summed E-state index contributed by atoms with van der Waals surface area (Å²) in [5.74, 6) is -1.08. The summed E-state index contributed by atoms with van der Waals surface area (Å²) >= 11 is 6.24. The Morgan fingerprint density at radius 3 is 2.10 bits per heavy atom. The van der Waals surface area contributed by atoms with Gasteiger partial charge in [-0.2, -0.15) is 21.6 Å². The summed E-state index contributed by atoms with van der Waals surface area (Å²) in [5, 5.41) is 2.93. The quantitative estimate of drug-likeness (QED) is 0.105. The van der Waals surface area contributed by atoms with Crippen LogP contribution in [-0.2, 0) is 27.5 Å². The van der Waals surface area contributed by atoms with Crippen LogP contribution in [0, 0.1) is 12.3 Å². The maximum absolute atomic E-state index is 13.9. The maximum atomic E-state index is 13.9. The zero-order valence-electron chi connectivity index (χ0n) is 28.1. The number of ether oxygens (including phenoxy) is 1. The molecule has 0 aromatic heterocycles. The second-order valence-electron chi connectivity index (χ2n) is 13.4. The van der Waals surface area contributed by atoms with Crippen molar-refractivity contribution in [1.82, 2.24) is 0 Å². The molecule has 266 valence electrons. The molecular formula is C38H39ClF3NO6S. The largest absolute Gasteiger partial charge is 0.493 e. The van der Waals surface area contributed by atoms with Crippen molar-refractivity contribution in [3.8, 4) is 16.9 Å². The van der Waals surface area contributed by atoms with Crippen molar-refractivity contribution in [2.45, 2.75) is 59.1 Å². The number of Topliss-reactive ketones (excluding diaryl/α,β-unsaturated/α-hetero) is 1. The Morgan fingerprint density at radius 2 is 1.54 bits per heavy atom. The predicted molar refractivity (Wildman–Crippen MR) is 190 cm³/mol. The number of alkyl halides is 3. The molecule has 12 heteroatoms. The van der Waals surface area contributed by atoms with Gasteiger partial charge in [0.1, 0.15) is 5.75 Å². The molecule has 0 saturated carbocycles. The van der Waals surface area contributed by atoms with Crippen molar-refractivity contribution in [1.29, 1.82) is 0 Å². The number of benzene rings is 4. The third-order valence-electron chi connectivity index (χ3n) is 7.87. The van der Waals surface area contributed by atoms with E-state index in [2.05, 4.69) is 26.1 Å². The summed E-state index contributed by atoms with van der Waals surface area (Å²) in [7, 11) is -4.15. The monoisotopic (exact) mass is 729 g/mol. The van der Waals surface area contributed by atoms with E-state index >= 15 is 0 Å². The summed E-state index contributed by atoms with van der Waals surface area (Å²) in [4.78, 5) is 26.4. The fraction of sp³-hybridized carbons (Fsp3) is 0.316. The van der Waals surface area contributed by atoms with Crippen LogP contribution < -0.4 is 10.1 Å². The smallest absolute Gasteiger partial charge is 0.416 e. The highest BCUT2D eigenvalue weighted by atomic mass is 35.5. The molecule has 1 unspecified atom stereocenters. The van der Waals surface area contributed by atoms with Crippen LogP contribution in [0.3, 0.4) is 0 Å².